The molecule has 0 aliphatic heterocycles. The Morgan fingerprint density at radius 1 is 0.818 bits per heavy atom. The Balaban J connectivity index is 1.93. The minimum atomic E-state index is -3.72. The van der Waals surface area contributed by atoms with Gasteiger partial charge in [-0.2, -0.15) is 0 Å². The van der Waals surface area contributed by atoms with Gasteiger partial charge >= 0.3 is 0 Å². The third kappa shape index (κ3) is 2.87. The summed E-state index contributed by atoms with van der Waals surface area (Å²) in [6.07, 6.45) is 0. The lowest BCUT2D eigenvalue weighted by Gasteiger charge is -2.17. The maximum Gasteiger partial charge on any atom is 0.255 e. The van der Waals surface area contributed by atoms with Crippen LogP contribution in [0.4, 0.5) is 0 Å². The molecule has 22 heavy (non-hydrogen) atoms. The molecule has 0 amide bonds. The van der Waals surface area contributed by atoms with Crippen LogP contribution in [-0.4, -0.2) is 12.8 Å². The summed E-state index contributed by atoms with van der Waals surface area (Å²) < 4.78 is 26.0. The molecule has 3 rings (SSSR count). The average molecular weight is 312 g/mol. The van der Waals surface area contributed by atoms with Crippen molar-refractivity contribution < 1.29 is 8.42 Å². The molecule has 3 aromatic carbocycles. The maximum atomic E-state index is 12.6. The first-order chi connectivity index (χ1) is 10.6. The van der Waals surface area contributed by atoms with E-state index in [0.717, 1.165) is 20.8 Å². The van der Waals surface area contributed by atoms with Crippen LogP contribution in [0.2, 0.25) is 0 Å². The number of rotatable bonds is 4. The van der Waals surface area contributed by atoms with Crippen molar-refractivity contribution in [1.29, 1.82) is 0 Å². The highest BCUT2D eigenvalue weighted by atomic mass is 32.2. The highest BCUT2D eigenvalue weighted by molar-refractivity contribution is 7.89. The predicted molar refractivity (Wildman–Crippen MR) is 87.3 cm³/mol. The number of sulfonamides is 1. The average Bonchev–Trinajstić information content (AvgIpc) is 2.55. The maximum absolute atomic E-state index is 12.6. The molecule has 0 bridgehead atoms. The molecule has 0 aliphatic rings. The second-order valence-electron chi connectivity index (χ2n) is 5.04. The first-order valence-electron chi connectivity index (χ1n) is 6.87. The van der Waals surface area contributed by atoms with Gasteiger partial charge in [0.2, 0.25) is 0 Å². The Labute approximate surface area is 129 Å². The number of nitrogens with zero attached hydrogens (tertiary/aromatic N) is 1. The molecule has 0 radical (unpaired) electrons. The van der Waals surface area contributed by atoms with Gasteiger partial charge < -0.3 is 0 Å². The van der Waals surface area contributed by atoms with E-state index in [1.165, 1.54) is 0 Å². The van der Waals surface area contributed by atoms with Gasteiger partial charge in [-0.3, -0.25) is 5.84 Å². The number of hydrogen-bond donors (Lipinski definition) is 1. The van der Waals surface area contributed by atoms with E-state index in [9.17, 15) is 8.42 Å². The van der Waals surface area contributed by atoms with Crippen LogP contribution < -0.4 is 5.84 Å². The van der Waals surface area contributed by atoms with Crippen LogP contribution in [0.5, 0.6) is 0 Å². The van der Waals surface area contributed by atoms with Crippen molar-refractivity contribution in [1.82, 2.24) is 4.41 Å². The predicted octanol–water partition coefficient (Wildman–Crippen LogP) is 2.90. The normalized spacial score (nSPS) is 11.9. The van der Waals surface area contributed by atoms with Crippen LogP contribution in [-0.2, 0) is 16.6 Å². The van der Waals surface area contributed by atoms with E-state index in [4.69, 9.17) is 5.84 Å². The summed E-state index contributed by atoms with van der Waals surface area (Å²) in [5.74, 6) is 5.80. The Morgan fingerprint density at radius 2 is 1.45 bits per heavy atom. The van der Waals surface area contributed by atoms with Crippen molar-refractivity contribution in [3.8, 4) is 0 Å². The van der Waals surface area contributed by atoms with Crippen LogP contribution in [0.15, 0.2) is 77.7 Å². The number of hydrazine groups is 1. The van der Waals surface area contributed by atoms with E-state index < -0.39 is 10.0 Å². The zero-order valence-electron chi connectivity index (χ0n) is 11.9. The van der Waals surface area contributed by atoms with E-state index in [-0.39, 0.29) is 11.4 Å². The van der Waals surface area contributed by atoms with Crippen molar-refractivity contribution in [2.45, 2.75) is 11.4 Å². The topological polar surface area (TPSA) is 63.4 Å². The highest BCUT2D eigenvalue weighted by Gasteiger charge is 2.21. The van der Waals surface area contributed by atoms with Crippen molar-refractivity contribution in [3.63, 3.8) is 0 Å². The lowest BCUT2D eigenvalue weighted by atomic mass is 10.1. The van der Waals surface area contributed by atoms with E-state index in [0.29, 0.717) is 0 Å². The Bertz CT molecular complexity index is 893. The Morgan fingerprint density at radius 3 is 2.18 bits per heavy atom. The molecule has 0 heterocycles. The summed E-state index contributed by atoms with van der Waals surface area (Å²) in [7, 11) is -3.72. The summed E-state index contributed by atoms with van der Waals surface area (Å²) >= 11 is 0. The van der Waals surface area contributed by atoms with Gasteiger partial charge in [0.15, 0.2) is 0 Å². The number of nitrogens with two attached hydrogens (primary N) is 1. The largest absolute Gasteiger partial charge is 0.255 e. The minimum absolute atomic E-state index is 0.135. The Kier molecular flexibility index (Phi) is 3.94. The quantitative estimate of drug-likeness (QED) is 0.595. The van der Waals surface area contributed by atoms with Crippen LogP contribution in [0.25, 0.3) is 10.8 Å². The number of benzene rings is 3. The molecule has 2 N–H and O–H groups in total. The fraction of sp³-hybridized carbons (Fsp3) is 0.0588. The van der Waals surface area contributed by atoms with Crippen molar-refractivity contribution in [3.05, 3.63) is 78.4 Å². The smallest absolute Gasteiger partial charge is 0.254 e. The van der Waals surface area contributed by atoms with Gasteiger partial charge in [-0.05, 0) is 28.5 Å². The van der Waals surface area contributed by atoms with E-state index >= 15 is 0 Å². The fourth-order valence-electron chi connectivity index (χ4n) is 2.31. The molecule has 4 nitrogen and oxygen atoms in total. The standard InChI is InChI=1S/C17H16N2O2S/c18-19(13-14-6-2-1-3-7-14)22(20,21)17-11-10-15-8-4-5-9-16(15)12-17/h1-12H,13,18H2. The Hall–Kier alpha value is -2.21. The SMILES string of the molecule is NN(Cc1ccccc1)S(=O)(=O)c1ccc2ccccc2c1. The van der Waals surface area contributed by atoms with Crippen LogP contribution in [0, 0.1) is 0 Å². The monoisotopic (exact) mass is 312 g/mol. The van der Waals surface area contributed by atoms with Gasteiger partial charge in [0.05, 0.1) is 11.4 Å². The molecule has 0 aliphatic carbocycles. The van der Waals surface area contributed by atoms with Crippen molar-refractivity contribution in [2.24, 2.45) is 5.84 Å². The molecular weight excluding hydrogens is 296 g/mol. The van der Waals surface area contributed by atoms with Gasteiger partial charge in [-0.15, -0.1) is 4.41 Å². The summed E-state index contributed by atoms with van der Waals surface area (Å²) in [5, 5.41) is 1.87. The van der Waals surface area contributed by atoms with Crippen molar-refractivity contribution >= 4 is 20.8 Å². The summed E-state index contributed by atoms with van der Waals surface area (Å²) in [6.45, 7) is 0.135. The van der Waals surface area contributed by atoms with Gasteiger partial charge in [0.25, 0.3) is 10.0 Å². The molecule has 5 heteroatoms. The zero-order valence-corrected chi connectivity index (χ0v) is 12.7. The highest BCUT2D eigenvalue weighted by Crippen LogP contribution is 2.21. The van der Waals surface area contributed by atoms with Gasteiger partial charge in [-0.1, -0.05) is 60.7 Å². The second kappa shape index (κ2) is 5.88. The third-order valence-electron chi connectivity index (χ3n) is 3.51. The van der Waals surface area contributed by atoms with Crippen LogP contribution >= 0.6 is 0 Å². The molecule has 0 atom stereocenters. The molecule has 0 saturated heterocycles. The molecule has 0 unspecified atom stereocenters. The first kappa shape index (κ1) is 14.7. The molecular formula is C17H16N2O2S. The van der Waals surface area contributed by atoms with Gasteiger partial charge in [0, 0.05) is 0 Å². The van der Waals surface area contributed by atoms with Crippen molar-refractivity contribution in [2.75, 3.05) is 0 Å². The summed E-state index contributed by atoms with van der Waals surface area (Å²) in [6, 6.07) is 21.9. The van der Waals surface area contributed by atoms with E-state index in [2.05, 4.69) is 0 Å². The number of fused-ring (bicyclic) bond motifs is 1. The molecule has 3 aromatic rings. The van der Waals surface area contributed by atoms with Gasteiger partial charge in [0.1, 0.15) is 0 Å². The molecule has 0 aromatic heterocycles. The van der Waals surface area contributed by atoms with Gasteiger partial charge in [-0.25, -0.2) is 8.42 Å². The molecule has 0 fully saturated rings. The second-order valence-corrected chi connectivity index (χ2v) is 6.94. The molecule has 0 saturated carbocycles. The number of hydrogen-bond acceptors (Lipinski definition) is 3. The lowest BCUT2D eigenvalue weighted by Crippen LogP contribution is -2.36. The molecule has 112 valence electrons. The third-order valence-corrected chi connectivity index (χ3v) is 5.10. The van der Waals surface area contributed by atoms with E-state index in [1.807, 2.05) is 54.6 Å². The zero-order chi connectivity index (χ0) is 15.6. The lowest BCUT2D eigenvalue weighted by molar-refractivity contribution is 0.422. The van der Waals surface area contributed by atoms with Crippen LogP contribution in [0.3, 0.4) is 0 Å². The minimum Gasteiger partial charge on any atom is -0.254 e. The first-order valence-corrected chi connectivity index (χ1v) is 8.31. The van der Waals surface area contributed by atoms with Crippen LogP contribution in [0.1, 0.15) is 5.56 Å². The summed E-state index contributed by atoms with van der Waals surface area (Å²) in [5.41, 5.74) is 0.842. The molecule has 0 spiro atoms. The fourth-order valence-corrected chi connectivity index (χ4v) is 3.42. The van der Waals surface area contributed by atoms with E-state index in [1.54, 1.807) is 18.2 Å². The summed E-state index contributed by atoms with van der Waals surface area (Å²) in [4.78, 5) is 0.199.